The third-order valence-electron chi connectivity index (χ3n) is 1.91. The fourth-order valence-corrected chi connectivity index (χ4v) is 1.08. The predicted octanol–water partition coefficient (Wildman–Crippen LogP) is 2.38. The van der Waals surface area contributed by atoms with Crippen molar-refractivity contribution in [3.63, 3.8) is 0 Å². The van der Waals surface area contributed by atoms with E-state index in [9.17, 15) is 13.9 Å². The SMILES string of the molecule is COc1ccc(C(O)C(C)(F)F)cc1. The molecule has 0 aliphatic heterocycles. The van der Waals surface area contributed by atoms with Gasteiger partial charge in [0.25, 0.3) is 5.92 Å². The van der Waals surface area contributed by atoms with E-state index in [0.717, 1.165) is 0 Å². The predicted molar refractivity (Wildman–Crippen MR) is 48.6 cm³/mol. The van der Waals surface area contributed by atoms with E-state index in [1.165, 1.54) is 31.4 Å². The Balaban J connectivity index is 2.87. The molecule has 0 bridgehead atoms. The van der Waals surface area contributed by atoms with Crippen LogP contribution in [0, 0.1) is 0 Å². The van der Waals surface area contributed by atoms with Crippen LogP contribution in [0.2, 0.25) is 0 Å². The van der Waals surface area contributed by atoms with Gasteiger partial charge in [-0.1, -0.05) is 12.1 Å². The number of hydrogen-bond acceptors (Lipinski definition) is 2. The lowest BCUT2D eigenvalue weighted by atomic mass is 10.0. The molecule has 1 atom stereocenters. The van der Waals surface area contributed by atoms with E-state index in [0.29, 0.717) is 12.7 Å². The molecule has 1 N–H and O–H groups in total. The zero-order valence-electron chi connectivity index (χ0n) is 8.00. The number of aliphatic hydroxyl groups is 1. The van der Waals surface area contributed by atoms with Crippen LogP contribution < -0.4 is 4.74 Å². The fraction of sp³-hybridized carbons (Fsp3) is 0.400. The number of hydrogen-bond donors (Lipinski definition) is 1. The van der Waals surface area contributed by atoms with Gasteiger partial charge in [0.15, 0.2) is 0 Å². The average Bonchev–Trinajstić information content (AvgIpc) is 2.15. The van der Waals surface area contributed by atoms with Crippen molar-refractivity contribution in [2.24, 2.45) is 0 Å². The van der Waals surface area contributed by atoms with Crippen molar-refractivity contribution in [2.45, 2.75) is 19.0 Å². The Morgan fingerprint density at radius 2 is 1.79 bits per heavy atom. The highest BCUT2D eigenvalue weighted by Crippen LogP contribution is 2.31. The van der Waals surface area contributed by atoms with Crippen molar-refractivity contribution in [3.8, 4) is 5.75 Å². The van der Waals surface area contributed by atoms with Crippen molar-refractivity contribution >= 4 is 0 Å². The Hall–Kier alpha value is -1.16. The van der Waals surface area contributed by atoms with E-state index in [-0.39, 0.29) is 5.56 Å². The molecule has 78 valence electrons. The summed E-state index contributed by atoms with van der Waals surface area (Å²) in [7, 11) is 1.49. The van der Waals surface area contributed by atoms with Gasteiger partial charge in [0.05, 0.1) is 7.11 Å². The maximum Gasteiger partial charge on any atom is 0.274 e. The first-order chi connectivity index (χ1) is 6.45. The molecule has 0 aliphatic carbocycles. The first-order valence-corrected chi connectivity index (χ1v) is 4.15. The smallest absolute Gasteiger partial charge is 0.274 e. The van der Waals surface area contributed by atoms with Crippen molar-refractivity contribution in [1.82, 2.24) is 0 Å². The van der Waals surface area contributed by atoms with Crippen LogP contribution in [-0.2, 0) is 0 Å². The third-order valence-corrected chi connectivity index (χ3v) is 1.91. The van der Waals surface area contributed by atoms with E-state index in [2.05, 4.69) is 0 Å². The molecule has 0 spiro atoms. The number of aliphatic hydroxyl groups excluding tert-OH is 1. The summed E-state index contributed by atoms with van der Waals surface area (Å²) in [6.45, 7) is 0.682. The topological polar surface area (TPSA) is 29.5 Å². The van der Waals surface area contributed by atoms with Crippen LogP contribution in [0.1, 0.15) is 18.6 Å². The molecule has 0 saturated carbocycles. The van der Waals surface area contributed by atoms with Crippen LogP contribution in [0.5, 0.6) is 5.75 Å². The number of halogens is 2. The molecule has 1 unspecified atom stereocenters. The molecule has 0 radical (unpaired) electrons. The van der Waals surface area contributed by atoms with Crippen molar-refractivity contribution in [3.05, 3.63) is 29.8 Å². The van der Waals surface area contributed by atoms with Crippen LogP contribution >= 0.6 is 0 Å². The standard InChI is InChI=1S/C10H12F2O2/c1-10(11,12)9(13)7-3-5-8(14-2)6-4-7/h3-6,9,13H,1-2H3. The quantitative estimate of drug-likeness (QED) is 0.815. The van der Waals surface area contributed by atoms with Crippen LogP contribution in [-0.4, -0.2) is 18.1 Å². The molecule has 14 heavy (non-hydrogen) atoms. The van der Waals surface area contributed by atoms with Crippen molar-refractivity contribution < 1.29 is 18.6 Å². The van der Waals surface area contributed by atoms with Gasteiger partial charge in [0, 0.05) is 6.92 Å². The normalized spacial score (nSPS) is 13.8. The minimum atomic E-state index is -3.13. The summed E-state index contributed by atoms with van der Waals surface area (Å²) in [5.41, 5.74) is 0.179. The van der Waals surface area contributed by atoms with Crippen LogP contribution in [0.15, 0.2) is 24.3 Å². The van der Waals surface area contributed by atoms with Crippen molar-refractivity contribution in [1.29, 1.82) is 0 Å². The zero-order valence-corrected chi connectivity index (χ0v) is 8.00. The largest absolute Gasteiger partial charge is 0.497 e. The monoisotopic (exact) mass is 202 g/mol. The Kier molecular flexibility index (Phi) is 3.06. The molecule has 0 saturated heterocycles. The van der Waals surface area contributed by atoms with Crippen molar-refractivity contribution in [2.75, 3.05) is 7.11 Å². The molecule has 0 aliphatic rings. The average molecular weight is 202 g/mol. The summed E-state index contributed by atoms with van der Waals surface area (Å²) in [4.78, 5) is 0. The van der Waals surface area contributed by atoms with E-state index < -0.39 is 12.0 Å². The van der Waals surface area contributed by atoms with Gasteiger partial charge >= 0.3 is 0 Å². The van der Waals surface area contributed by atoms with Crippen LogP contribution in [0.3, 0.4) is 0 Å². The van der Waals surface area contributed by atoms with Crippen LogP contribution in [0.4, 0.5) is 8.78 Å². The molecular weight excluding hydrogens is 190 g/mol. The first kappa shape index (κ1) is 10.9. The summed E-state index contributed by atoms with van der Waals surface area (Å²) < 4.78 is 30.3. The number of ether oxygens (including phenoxy) is 1. The third kappa shape index (κ3) is 2.42. The second-order valence-electron chi connectivity index (χ2n) is 3.13. The molecule has 1 aromatic carbocycles. The van der Waals surface area contributed by atoms with E-state index in [1.807, 2.05) is 0 Å². The van der Waals surface area contributed by atoms with Gasteiger partial charge in [0.1, 0.15) is 11.9 Å². The van der Waals surface area contributed by atoms with Gasteiger partial charge in [-0.25, -0.2) is 8.78 Å². The molecular formula is C10H12F2O2. The first-order valence-electron chi connectivity index (χ1n) is 4.15. The molecule has 0 amide bonds. The maximum absolute atomic E-state index is 12.7. The van der Waals surface area contributed by atoms with Crippen LogP contribution in [0.25, 0.3) is 0 Å². The molecule has 4 heteroatoms. The highest BCUT2D eigenvalue weighted by molar-refractivity contribution is 5.29. The summed E-state index contributed by atoms with van der Waals surface area (Å²) in [6, 6.07) is 5.90. The minimum Gasteiger partial charge on any atom is -0.497 e. The molecule has 1 rings (SSSR count). The second kappa shape index (κ2) is 3.92. The van der Waals surface area contributed by atoms with E-state index in [1.54, 1.807) is 0 Å². The fourth-order valence-electron chi connectivity index (χ4n) is 1.08. The number of alkyl halides is 2. The lowest BCUT2D eigenvalue weighted by molar-refractivity contribution is -0.0954. The van der Waals surface area contributed by atoms with Gasteiger partial charge in [-0.3, -0.25) is 0 Å². The van der Waals surface area contributed by atoms with Gasteiger partial charge in [-0.15, -0.1) is 0 Å². The lowest BCUT2D eigenvalue weighted by Gasteiger charge is -2.18. The minimum absolute atomic E-state index is 0.179. The summed E-state index contributed by atoms with van der Waals surface area (Å²) in [5.74, 6) is -2.56. The number of benzene rings is 1. The lowest BCUT2D eigenvalue weighted by Crippen LogP contribution is -2.21. The molecule has 0 aromatic heterocycles. The molecule has 0 heterocycles. The summed E-state index contributed by atoms with van der Waals surface area (Å²) in [6.07, 6.45) is -1.77. The van der Waals surface area contributed by atoms with Gasteiger partial charge in [0.2, 0.25) is 0 Å². The summed E-state index contributed by atoms with van der Waals surface area (Å²) >= 11 is 0. The number of rotatable bonds is 3. The maximum atomic E-state index is 12.7. The molecule has 1 aromatic rings. The Morgan fingerprint density at radius 1 is 1.29 bits per heavy atom. The Morgan fingerprint density at radius 3 is 2.14 bits per heavy atom. The number of methoxy groups -OCH3 is 1. The van der Waals surface area contributed by atoms with E-state index in [4.69, 9.17) is 4.74 Å². The molecule has 0 fully saturated rings. The zero-order chi connectivity index (χ0) is 10.8. The summed E-state index contributed by atoms with van der Waals surface area (Å²) in [5, 5.41) is 9.23. The molecule has 2 nitrogen and oxygen atoms in total. The van der Waals surface area contributed by atoms with Gasteiger partial charge in [-0.2, -0.15) is 0 Å². The highest BCUT2D eigenvalue weighted by atomic mass is 19.3. The highest BCUT2D eigenvalue weighted by Gasteiger charge is 2.33. The Bertz CT molecular complexity index is 290. The Labute approximate surface area is 81.1 Å². The van der Waals surface area contributed by atoms with Gasteiger partial charge < -0.3 is 9.84 Å². The second-order valence-corrected chi connectivity index (χ2v) is 3.13. The van der Waals surface area contributed by atoms with Gasteiger partial charge in [-0.05, 0) is 17.7 Å². The van der Waals surface area contributed by atoms with E-state index >= 15 is 0 Å².